The third kappa shape index (κ3) is 3.59. The Morgan fingerprint density at radius 1 is 1.12 bits per heavy atom. The molecule has 6 nitrogen and oxygen atoms in total. The van der Waals surface area contributed by atoms with E-state index in [-0.39, 0.29) is 35.2 Å². The maximum atomic E-state index is 12.7. The molecule has 2 aliphatic rings. The average molecular weight is 354 g/mol. The monoisotopic (exact) mass is 354 g/mol. The minimum Gasteiger partial charge on any atom is -0.329 e. The fraction of sp³-hybridized carbons (Fsp3) is 0.400. The summed E-state index contributed by atoms with van der Waals surface area (Å²) < 4.78 is 0. The number of amides is 2. The molecule has 0 fully saturated rings. The van der Waals surface area contributed by atoms with Crippen LogP contribution in [0.4, 0.5) is 5.69 Å². The van der Waals surface area contributed by atoms with Crippen molar-refractivity contribution >= 4 is 29.1 Å². The second kappa shape index (κ2) is 6.52. The summed E-state index contributed by atoms with van der Waals surface area (Å²) in [4.78, 5) is 48.7. The molecule has 0 unspecified atom stereocenters. The number of hydrogen-bond acceptors (Lipinski definition) is 4. The van der Waals surface area contributed by atoms with E-state index in [4.69, 9.17) is 0 Å². The molecule has 2 N–H and O–H groups in total. The Bertz CT molecular complexity index is 834. The largest absolute Gasteiger partial charge is 0.329 e. The van der Waals surface area contributed by atoms with E-state index in [1.807, 2.05) is 13.8 Å². The molecule has 1 aromatic rings. The van der Waals surface area contributed by atoms with Gasteiger partial charge in [-0.25, -0.2) is 0 Å². The first kappa shape index (κ1) is 18.0. The fourth-order valence-corrected chi connectivity index (χ4v) is 3.60. The summed E-state index contributed by atoms with van der Waals surface area (Å²) in [5, 5.41) is 5.53. The molecule has 1 aliphatic carbocycles. The van der Waals surface area contributed by atoms with E-state index in [9.17, 15) is 19.2 Å². The van der Waals surface area contributed by atoms with E-state index < -0.39 is 5.92 Å². The predicted molar refractivity (Wildman–Crippen MR) is 96.4 cm³/mol. The summed E-state index contributed by atoms with van der Waals surface area (Å²) in [6.07, 6.45) is 0.887. The summed E-state index contributed by atoms with van der Waals surface area (Å²) in [5.74, 6) is -1.55. The lowest BCUT2D eigenvalue weighted by atomic mass is 9.71. The third-order valence-electron chi connectivity index (χ3n) is 4.82. The number of hydrogen-bond donors (Lipinski definition) is 2. The van der Waals surface area contributed by atoms with Gasteiger partial charge in [0.15, 0.2) is 11.6 Å². The molecule has 136 valence electrons. The van der Waals surface area contributed by atoms with Gasteiger partial charge in [-0.1, -0.05) is 13.8 Å². The van der Waals surface area contributed by atoms with Crippen LogP contribution in [0.5, 0.6) is 0 Å². The summed E-state index contributed by atoms with van der Waals surface area (Å²) >= 11 is 0. The van der Waals surface area contributed by atoms with E-state index in [0.29, 0.717) is 35.4 Å². The molecule has 3 rings (SSSR count). The molecule has 0 aromatic heterocycles. The van der Waals surface area contributed by atoms with Gasteiger partial charge in [0, 0.05) is 35.4 Å². The maximum absolute atomic E-state index is 12.7. The van der Waals surface area contributed by atoms with Gasteiger partial charge in [0.1, 0.15) is 0 Å². The number of carbonyl (C=O) groups is 4. The van der Waals surface area contributed by atoms with E-state index in [2.05, 4.69) is 10.6 Å². The number of anilines is 1. The van der Waals surface area contributed by atoms with Crippen molar-refractivity contribution in [1.29, 1.82) is 0 Å². The Kier molecular flexibility index (Phi) is 4.52. The molecule has 1 aliphatic heterocycles. The first-order valence-electron chi connectivity index (χ1n) is 8.64. The van der Waals surface area contributed by atoms with Crippen molar-refractivity contribution in [2.45, 2.75) is 40.0 Å². The normalized spacial score (nSPS) is 21.7. The van der Waals surface area contributed by atoms with Crippen molar-refractivity contribution in [2.75, 3.05) is 5.32 Å². The first-order valence-corrected chi connectivity index (χ1v) is 8.64. The van der Waals surface area contributed by atoms with E-state index in [1.54, 1.807) is 24.3 Å². The van der Waals surface area contributed by atoms with Gasteiger partial charge < -0.3 is 10.6 Å². The zero-order chi connectivity index (χ0) is 19.1. The van der Waals surface area contributed by atoms with Crippen LogP contribution in [0.15, 0.2) is 35.5 Å². The number of Topliss-reactive ketones (excluding diaryl/α,β-unsaturated/α-hetero) is 2. The molecule has 0 spiro atoms. The van der Waals surface area contributed by atoms with Crippen LogP contribution >= 0.6 is 0 Å². The molecule has 0 bridgehead atoms. The summed E-state index contributed by atoms with van der Waals surface area (Å²) in [7, 11) is 0. The zero-order valence-corrected chi connectivity index (χ0v) is 15.1. The second-order valence-electron chi connectivity index (χ2n) is 7.76. The fourth-order valence-electron chi connectivity index (χ4n) is 3.60. The van der Waals surface area contributed by atoms with E-state index in [1.165, 1.54) is 6.92 Å². The van der Waals surface area contributed by atoms with E-state index in [0.717, 1.165) is 0 Å². The molecule has 1 heterocycles. The topological polar surface area (TPSA) is 92.3 Å². The lowest BCUT2D eigenvalue weighted by Crippen LogP contribution is -2.44. The highest BCUT2D eigenvalue weighted by molar-refractivity contribution is 6.09. The Hall–Kier alpha value is -2.76. The molecule has 0 saturated carbocycles. The van der Waals surface area contributed by atoms with Crippen LogP contribution in [0.1, 0.15) is 50.4 Å². The zero-order valence-electron chi connectivity index (χ0n) is 15.1. The average Bonchev–Trinajstić information content (AvgIpc) is 2.52. The highest BCUT2D eigenvalue weighted by Crippen LogP contribution is 2.40. The van der Waals surface area contributed by atoms with Crippen LogP contribution in [-0.4, -0.2) is 23.4 Å². The van der Waals surface area contributed by atoms with Crippen molar-refractivity contribution in [1.82, 2.24) is 5.32 Å². The quantitative estimate of drug-likeness (QED) is 0.816. The molecule has 6 heteroatoms. The predicted octanol–water partition coefficient (Wildman–Crippen LogP) is 2.61. The van der Waals surface area contributed by atoms with Gasteiger partial charge in [-0.05, 0) is 43.0 Å². The Morgan fingerprint density at radius 2 is 1.77 bits per heavy atom. The Balaban J connectivity index is 1.85. The van der Waals surface area contributed by atoms with Gasteiger partial charge in [0.25, 0.3) is 0 Å². The molecule has 2 amide bonds. The summed E-state index contributed by atoms with van der Waals surface area (Å²) in [6, 6.07) is 6.53. The Labute approximate surface area is 152 Å². The maximum Gasteiger partial charge on any atom is 0.232 e. The molecule has 0 saturated heterocycles. The Morgan fingerprint density at radius 3 is 2.38 bits per heavy atom. The molecule has 26 heavy (non-hydrogen) atoms. The van der Waals surface area contributed by atoms with E-state index >= 15 is 0 Å². The van der Waals surface area contributed by atoms with Gasteiger partial charge >= 0.3 is 0 Å². The molecular formula is C20H22N2O4. The van der Waals surface area contributed by atoms with Crippen molar-refractivity contribution in [2.24, 2.45) is 11.3 Å². The van der Waals surface area contributed by atoms with Crippen molar-refractivity contribution in [3.05, 3.63) is 41.1 Å². The highest BCUT2D eigenvalue weighted by Gasteiger charge is 2.42. The number of nitrogens with one attached hydrogen (secondary N) is 2. The molecule has 1 atom stereocenters. The van der Waals surface area contributed by atoms with Gasteiger partial charge in [-0.15, -0.1) is 0 Å². The number of benzene rings is 1. The second-order valence-corrected chi connectivity index (χ2v) is 7.76. The number of carbonyl (C=O) groups excluding carboxylic acids is 4. The van der Waals surface area contributed by atoms with Crippen molar-refractivity contribution < 1.29 is 19.2 Å². The minimum absolute atomic E-state index is 0.0393. The van der Waals surface area contributed by atoms with Crippen molar-refractivity contribution in [3.8, 4) is 0 Å². The summed E-state index contributed by atoms with van der Waals surface area (Å²) in [6.45, 7) is 5.42. The van der Waals surface area contributed by atoms with Crippen LogP contribution in [0.3, 0.4) is 0 Å². The highest BCUT2D eigenvalue weighted by atomic mass is 16.2. The first-order chi connectivity index (χ1) is 12.2. The van der Waals surface area contributed by atoms with Crippen LogP contribution < -0.4 is 10.6 Å². The third-order valence-corrected chi connectivity index (χ3v) is 4.82. The SMILES string of the molecule is CC(=O)c1ccc(NC(=O)[C@H]2CC(=O)NC3=C2C(=O)CC(C)(C)C3)cc1. The van der Waals surface area contributed by atoms with Gasteiger partial charge in [-0.2, -0.15) is 0 Å². The lowest BCUT2D eigenvalue weighted by molar-refractivity contribution is -0.129. The van der Waals surface area contributed by atoms with Gasteiger partial charge in [0.2, 0.25) is 11.8 Å². The lowest BCUT2D eigenvalue weighted by Gasteiger charge is -2.37. The standard InChI is InChI=1S/C20H22N2O4/c1-11(23)12-4-6-13(7-5-12)21-19(26)14-8-17(25)22-15-9-20(2,3)10-16(24)18(14)15/h4-7,14H,8-10H2,1-3H3,(H,21,26)(H,22,25)/t14-/m0/s1. The van der Waals surface area contributed by atoms with Gasteiger partial charge in [0.05, 0.1) is 5.92 Å². The summed E-state index contributed by atoms with van der Waals surface area (Å²) in [5.41, 5.74) is 1.85. The van der Waals surface area contributed by atoms with Gasteiger partial charge in [-0.3, -0.25) is 19.2 Å². The van der Waals surface area contributed by atoms with Crippen LogP contribution in [0.25, 0.3) is 0 Å². The van der Waals surface area contributed by atoms with Crippen molar-refractivity contribution in [3.63, 3.8) is 0 Å². The smallest absolute Gasteiger partial charge is 0.232 e. The molecule has 1 aromatic carbocycles. The molecule has 0 radical (unpaired) electrons. The number of ketones is 2. The number of rotatable bonds is 3. The van der Waals surface area contributed by atoms with Crippen LogP contribution in [0, 0.1) is 11.3 Å². The number of allylic oxidation sites excluding steroid dienone is 1. The minimum atomic E-state index is -0.783. The van der Waals surface area contributed by atoms with Crippen LogP contribution in [-0.2, 0) is 14.4 Å². The molecular weight excluding hydrogens is 332 g/mol. The van der Waals surface area contributed by atoms with Crippen LogP contribution in [0.2, 0.25) is 0 Å².